The fourth-order valence-electron chi connectivity index (χ4n) is 4.23. The van der Waals surface area contributed by atoms with E-state index < -0.39 is 0 Å². The van der Waals surface area contributed by atoms with Gasteiger partial charge < -0.3 is 14.2 Å². The van der Waals surface area contributed by atoms with Crippen molar-refractivity contribution in [2.24, 2.45) is 11.3 Å². The van der Waals surface area contributed by atoms with Gasteiger partial charge in [0.1, 0.15) is 12.2 Å². The van der Waals surface area contributed by atoms with Crippen molar-refractivity contribution in [3.63, 3.8) is 0 Å². The summed E-state index contributed by atoms with van der Waals surface area (Å²) in [4.78, 5) is 15.6. The lowest BCUT2D eigenvalue weighted by atomic mass is 9.86. The van der Waals surface area contributed by atoms with Crippen LogP contribution in [0, 0.1) is 11.3 Å². The largest absolute Gasteiger partial charge is 0.379 e. The van der Waals surface area contributed by atoms with Gasteiger partial charge in [0.15, 0.2) is 0 Å². The second-order valence-corrected chi connectivity index (χ2v) is 7.68. The van der Waals surface area contributed by atoms with E-state index in [1.807, 2.05) is 18.6 Å². The van der Waals surface area contributed by atoms with Gasteiger partial charge in [-0.25, -0.2) is 15.0 Å². The molecule has 2 aliphatic heterocycles. The average Bonchev–Trinajstić information content (AvgIpc) is 3.27. The first-order valence-electron chi connectivity index (χ1n) is 8.91. The van der Waals surface area contributed by atoms with Crippen molar-refractivity contribution in [2.75, 3.05) is 32.8 Å². The van der Waals surface area contributed by atoms with Crippen LogP contribution in [0.2, 0.25) is 0 Å². The molecule has 2 aromatic rings. The molecule has 0 radical (unpaired) electrons. The Labute approximate surface area is 141 Å². The highest BCUT2D eigenvalue weighted by atomic mass is 16.5. The Morgan fingerprint density at radius 2 is 2.04 bits per heavy atom. The molecule has 5 rings (SSSR count). The number of imidazole rings is 1. The summed E-state index contributed by atoms with van der Waals surface area (Å²) < 4.78 is 8.35. The standard InChI is InChI=1S/C18H23N5O/c1-2-14(1)9-22-3-4-24-12-18(10-22)5-17-21-8-16(23(17)11-18)15-6-19-13-20-7-15/h6-8,13-14H,1-5,9-12H2/t18-/m1/s1. The van der Waals surface area contributed by atoms with Crippen molar-refractivity contribution < 1.29 is 4.74 Å². The zero-order valence-corrected chi connectivity index (χ0v) is 13.9. The smallest absolute Gasteiger partial charge is 0.115 e. The number of ether oxygens (including phenoxy) is 1. The normalized spacial score (nSPS) is 27.3. The summed E-state index contributed by atoms with van der Waals surface area (Å²) in [5.74, 6) is 2.10. The molecule has 1 atom stereocenters. The number of nitrogens with zero attached hydrogens (tertiary/aromatic N) is 5. The van der Waals surface area contributed by atoms with Crippen molar-refractivity contribution in [1.29, 1.82) is 0 Å². The lowest BCUT2D eigenvalue weighted by molar-refractivity contribution is 0.0669. The summed E-state index contributed by atoms with van der Waals surface area (Å²) in [6.45, 7) is 6.11. The first-order chi connectivity index (χ1) is 11.8. The summed E-state index contributed by atoms with van der Waals surface area (Å²) >= 11 is 0. The molecule has 24 heavy (non-hydrogen) atoms. The van der Waals surface area contributed by atoms with Crippen LogP contribution < -0.4 is 0 Å². The molecule has 1 spiro atoms. The van der Waals surface area contributed by atoms with Crippen molar-refractivity contribution in [3.8, 4) is 11.3 Å². The van der Waals surface area contributed by atoms with Crippen LogP contribution in [-0.4, -0.2) is 57.3 Å². The minimum atomic E-state index is 0.166. The molecule has 6 heteroatoms. The highest BCUT2D eigenvalue weighted by molar-refractivity contribution is 5.57. The number of hydrogen-bond acceptors (Lipinski definition) is 5. The molecule has 0 amide bonds. The van der Waals surface area contributed by atoms with Crippen LogP contribution in [0.3, 0.4) is 0 Å². The topological polar surface area (TPSA) is 56.1 Å². The highest BCUT2D eigenvalue weighted by Crippen LogP contribution is 2.39. The fraction of sp³-hybridized carbons (Fsp3) is 0.611. The van der Waals surface area contributed by atoms with E-state index in [1.165, 1.54) is 25.2 Å². The van der Waals surface area contributed by atoms with Crippen LogP contribution in [-0.2, 0) is 17.7 Å². The SMILES string of the molecule is c1ncc(-c2cnc3n2C[C@@]2(COCCN(CC4CC4)C2)C3)cn1. The van der Waals surface area contributed by atoms with Gasteiger partial charge in [0, 0.05) is 56.0 Å². The Kier molecular flexibility index (Phi) is 3.41. The molecule has 0 aromatic carbocycles. The minimum Gasteiger partial charge on any atom is -0.379 e. The van der Waals surface area contributed by atoms with E-state index in [-0.39, 0.29) is 5.41 Å². The zero-order valence-electron chi connectivity index (χ0n) is 13.9. The van der Waals surface area contributed by atoms with E-state index in [0.717, 1.165) is 56.4 Å². The van der Waals surface area contributed by atoms with Crippen molar-refractivity contribution in [3.05, 3.63) is 30.7 Å². The third-order valence-electron chi connectivity index (χ3n) is 5.55. The summed E-state index contributed by atoms with van der Waals surface area (Å²) in [5.41, 5.74) is 2.33. The maximum atomic E-state index is 6.00. The molecule has 4 heterocycles. The molecule has 0 unspecified atom stereocenters. The van der Waals surface area contributed by atoms with E-state index >= 15 is 0 Å². The van der Waals surface area contributed by atoms with Gasteiger partial charge >= 0.3 is 0 Å². The molecule has 0 N–H and O–H groups in total. The maximum Gasteiger partial charge on any atom is 0.115 e. The van der Waals surface area contributed by atoms with Gasteiger partial charge in [-0.3, -0.25) is 0 Å². The van der Waals surface area contributed by atoms with E-state index in [9.17, 15) is 0 Å². The average molecular weight is 325 g/mol. The Morgan fingerprint density at radius 3 is 2.88 bits per heavy atom. The van der Waals surface area contributed by atoms with E-state index in [2.05, 4.69) is 24.4 Å². The molecule has 1 aliphatic carbocycles. The van der Waals surface area contributed by atoms with Gasteiger partial charge in [-0.05, 0) is 18.8 Å². The molecule has 6 nitrogen and oxygen atoms in total. The summed E-state index contributed by atoms with van der Waals surface area (Å²) in [6.07, 6.45) is 11.1. The Bertz CT molecular complexity index is 726. The first kappa shape index (κ1) is 14.5. The molecule has 0 bridgehead atoms. The quantitative estimate of drug-likeness (QED) is 0.858. The second kappa shape index (κ2) is 5.63. The van der Waals surface area contributed by atoms with Crippen LogP contribution in [0.15, 0.2) is 24.9 Å². The minimum absolute atomic E-state index is 0.166. The van der Waals surface area contributed by atoms with Gasteiger partial charge in [0.05, 0.1) is 25.1 Å². The molecule has 126 valence electrons. The van der Waals surface area contributed by atoms with Crippen molar-refractivity contribution in [1.82, 2.24) is 24.4 Å². The van der Waals surface area contributed by atoms with Crippen LogP contribution in [0.4, 0.5) is 0 Å². The van der Waals surface area contributed by atoms with Gasteiger partial charge in [0.25, 0.3) is 0 Å². The van der Waals surface area contributed by atoms with E-state index in [1.54, 1.807) is 6.33 Å². The lowest BCUT2D eigenvalue weighted by Gasteiger charge is -2.31. The Morgan fingerprint density at radius 1 is 1.17 bits per heavy atom. The molecular formula is C18H23N5O. The number of hydrogen-bond donors (Lipinski definition) is 0. The van der Waals surface area contributed by atoms with Crippen LogP contribution in [0.1, 0.15) is 18.7 Å². The monoisotopic (exact) mass is 325 g/mol. The van der Waals surface area contributed by atoms with Gasteiger partial charge in [-0.2, -0.15) is 0 Å². The summed E-state index contributed by atoms with van der Waals surface area (Å²) in [5, 5.41) is 0. The maximum absolute atomic E-state index is 6.00. The second-order valence-electron chi connectivity index (χ2n) is 7.68. The number of aromatic nitrogens is 4. The molecule has 3 aliphatic rings. The predicted octanol–water partition coefficient (Wildman–Crippen LogP) is 1.62. The van der Waals surface area contributed by atoms with Gasteiger partial charge in [-0.15, -0.1) is 0 Å². The zero-order chi connectivity index (χ0) is 16.0. The Hall–Kier alpha value is -1.79. The number of rotatable bonds is 3. The van der Waals surface area contributed by atoms with Crippen LogP contribution >= 0.6 is 0 Å². The van der Waals surface area contributed by atoms with Crippen molar-refractivity contribution in [2.45, 2.75) is 25.8 Å². The van der Waals surface area contributed by atoms with E-state index in [4.69, 9.17) is 4.74 Å². The Balaban J connectivity index is 1.41. The third-order valence-corrected chi connectivity index (χ3v) is 5.55. The molecule has 1 saturated carbocycles. The summed E-state index contributed by atoms with van der Waals surface area (Å²) in [6, 6.07) is 0. The molecule has 2 aromatic heterocycles. The van der Waals surface area contributed by atoms with Crippen LogP contribution in [0.25, 0.3) is 11.3 Å². The summed E-state index contributed by atoms with van der Waals surface area (Å²) in [7, 11) is 0. The lowest BCUT2D eigenvalue weighted by Crippen LogP contribution is -2.40. The fourth-order valence-corrected chi connectivity index (χ4v) is 4.23. The number of fused-ring (bicyclic) bond motifs is 1. The first-order valence-corrected chi connectivity index (χ1v) is 8.91. The predicted molar refractivity (Wildman–Crippen MR) is 89.4 cm³/mol. The van der Waals surface area contributed by atoms with Crippen molar-refractivity contribution >= 4 is 0 Å². The van der Waals surface area contributed by atoms with Gasteiger partial charge in [-0.1, -0.05) is 0 Å². The molecule has 2 fully saturated rings. The molecule has 1 saturated heterocycles. The molecular weight excluding hydrogens is 302 g/mol. The van der Waals surface area contributed by atoms with Crippen LogP contribution in [0.5, 0.6) is 0 Å². The third kappa shape index (κ3) is 2.63. The van der Waals surface area contributed by atoms with Gasteiger partial charge in [0.2, 0.25) is 0 Å². The van der Waals surface area contributed by atoms with E-state index in [0.29, 0.717) is 0 Å². The highest BCUT2D eigenvalue weighted by Gasteiger charge is 2.43.